The van der Waals surface area contributed by atoms with Crippen molar-refractivity contribution < 1.29 is 37.0 Å². The van der Waals surface area contributed by atoms with Gasteiger partial charge in [-0.15, -0.1) is 0 Å². The molecule has 12 heteroatoms. The maximum atomic E-state index is 13.0. The average Bonchev–Trinajstić information content (AvgIpc) is 3.26. The Labute approximate surface area is 180 Å². The number of carbonyl (C=O) groups excluding carboxylic acids is 2. The van der Waals surface area contributed by atoms with Gasteiger partial charge < -0.3 is 24.3 Å². The number of hydrogen-bond acceptors (Lipinski definition) is 8. The van der Waals surface area contributed by atoms with Crippen LogP contribution in [0.15, 0.2) is 12.1 Å². The first-order valence-electron chi connectivity index (χ1n) is 10.1. The summed E-state index contributed by atoms with van der Waals surface area (Å²) < 4.78 is 49.3. The first-order chi connectivity index (χ1) is 14.9. The molecule has 170 valence electrons. The van der Waals surface area contributed by atoms with Crippen LogP contribution in [0, 0.1) is 5.92 Å². The Bertz CT molecular complexity index is 961. The van der Waals surface area contributed by atoms with Gasteiger partial charge in [-0.05, 0) is 12.8 Å². The monoisotopic (exact) mass is 455 g/mol. The van der Waals surface area contributed by atoms with Crippen LogP contribution in [0.1, 0.15) is 23.2 Å². The summed E-state index contributed by atoms with van der Waals surface area (Å²) in [6.07, 6.45) is 1.10. The van der Waals surface area contributed by atoms with E-state index in [1.54, 1.807) is 0 Å². The van der Waals surface area contributed by atoms with Gasteiger partial charge in [0.05, 0.1) is 37.5 Å². The zero-order chi connectivity index (χ0) is 22.0. The van der Waals surface area contributed by atoms with Gasteiger partial charge in [0.1, 0.15) is 0 Å². The number of hydrogen-bond donors (Lipinski definition) is 1. The number of amides is 1. The second-order valence-electron chi connectivity index (χ2n) is 7.45. The highest BCUT2D eigenvalue weighted by Gasteiger charge is 2.37. The highest BCUT2D eigenvalue weighted by molar-refractivity contribution is 7.86. The summed E-state index contributed by atoms with van der Waals surface area (Å²) in [5, 5.41) is 2.75. The minimum Gasteiger partial charge on any atom is -0.465 e. The molecular weight excluding hydrogens is 430 g/mol. The van der Waals surface area contributed by atoms with Crippen molar-refractivity contribution in [2.24, 2.45) is 5.92 Å². The Morgan fingerprint density at radius 1 is 1.10 bits per heavy atom. The highest BCUT2D eigenvalue weighted by atomic mass is 32.2. The predicted octanol–water partition coefficient (Wildman–Crippen LogP) is 0.429. The molecule has 3 aliphatic heterocycles. The second-order valence-corrected chi connectivity index (χ2v) is 9.38. The molecule has 0 radical (unpaired) electrons. The number of rotatable bonds is 5. The van der Waals surface area contributed by atoms with Gasteiger partial charge in [-0.25, -0.2) is 4.79 Å². The van der Waals surface area contributed by atoms with Crippen LogP contribution in [0.5, 0.6) is 11.5 Å². The molecule has 0 aliphatic carbocycles. The van der Waals surface area contributed by atoms with Gasteiger partial charge in [0.15, 0.2) is 11.5 Å². The standard InChI is InChI=1S/C19H25N3O8S/c1-27-19(24)14-9-16-17(30-12-29-16)10-15(14)20-18(23)13-3-2-4-22(11-13)31(25,26)21-5-7-28-8-6-21/h9-10,13H,2-8,11-12H2,1H3,(H,20,23)/t13-/m0/s1. The molecule has 2 saturated heterocycles. The molecule has 1 atom stereocenters. The van der Waals surface area contributed by atoms with Gasteiger partial charge in [-0.3, -0.25) is 4.79 Å². The van der Waals surface area contributed by atoms with Gasteiger partial charge in [0, 0.05) is 38.3 Å². The molecule has 1 N–H and O–H groups in total. The Balaban J connectivity index is 1.49. The van der Waals surface area contributed by atoms with Crippen LogP contribution in [0.4, 0.5) is 5.69 Å². The van der Waals surface area contributed by atoms with E-state index in [1.807, 2.05) is 0 Å². The van der Waals surface area contributed by atoms with E-state index in [2.05, 4.69) is 5.32 Å². The van der Waals surface area contributed by atoms with Crippen molar-refractivity contribution in [2.75, 3.05) is 58.6 Å². The lowest BCUT2D eigenvalue weighted by Crippen LogP contribution is -2.52. The van der Waals surface area contributed by atoms with Crippen molar-refractivity contribution in [3.63, 3.8) is 0 Å². The Hall–Kier alpha value is -2.41. The molecule has 31 heavy (non-hydrogen) atoms. The fraction of sp³-hybridized carbons (Fsp3) is 0.579. The SMILES string of the molecule is COC(=O)c1cc2c(cc1NC(=O)[C@H]1CCCN(S(=O)(=O)N3CCOCC3)C1)OCO2. The zero-order valence-electron chi connectivity index (χ0n) is 17.2. The third-order valence-corrected chi connectivity index (χ3v) is 7.56. The molecular formula is C19H25N3O8S. The molecule has 0 saturated carbocycles. The predicted molar refractivity (Wildman–Crippen MR) is 108 cm³/mol. The molecule has 3 heterocycles. The maximum absolute atomic E-state index is 13.0. The third-order valence-electron chi connectivity index (χ3n) is 5.55. The van der Waals surface area contributed by atoms with Gasteiger partial charge in [-0.1, -0.05) is 0 Å². The fourth-order valence-corrected chi connectivity index (χ4v) is 5.53. The largest absolute Gasteiger partial charge is 0.465 e. The highest BCUT2D eigenvalue weighted by Crippen LogP contribution is 2.37. The van der Waals surface area contributed by atoms with E-state index in [1.165, 1.54) is 27.9 Å². The lowest BCUT2D eigenvalue weighted by atomic mass is 9.98. The van der Waals surface area contributed by atoms with Gasteiger partial charge in [0.2, 0.25) is 12.7 Å². The van der Waals surface area contributed by atoms with Crippen molar-refractivity contribution in [2.45, 2.75) is 12.8 Å². The summed E-state index contributed by atoms with van der Waals surface area (Å²) in [6, 6.07) is 2.97. The number of anilines is 1. The van der Waals surface area contributed by atoms with Crippen molar-refractivity contribution in [3.8, 4) is 11.5 Å². The summed E-state index contributed by atoms with van der Waals surface area (Å²) in [5.41, 5.74) is 0.364. The summed E-state index contributed by atoms with van der Waals surface area (Å²) in [6.45, 7) is 1.77. The number of fused-ring (bicyclic) bond motifs is 1. The number of piperidine rings is 1. The Morgan fingerprint density at radius 2 is 1.81 bits per heavy atom. The van der Waals surface area contributed by atoms with Crippen molar-refractivity contribution in [1.82, 2.24) is 8.61 Å². The second kappa shape index (κ2) is 8.99. The molecule has 0 unspecified atom stereocenters. The number of ether oxygens (including phenoxy) is 4. The molecule has 2 fully saturated rings. The van der Waals surface area contributed by atoms with E-state index in [-0.39, 0.29) is 30.5 Å². The van der Waals surface area contributed by atoms with E-state index >= 15 is 0 Å². The van der Waals surface area contributed by atoms with Gasteiger partial charge in [-0.2, -0.15) is 17.0 Å². The number of nitrogens with zero attached hydrogens (tertiary/aromatic N) is 2. The molecule has 0 aromatic heterocycles. The Morgan fingerprint density at radius 3 is 2.52 bits per heavy atom. The number of morpholine rings is 1. The first-order valence-corrected chi connectivity index (χ1v) is 11.5. The van der Waals surface area contributed by atoms with Crippen LogP contribution in [0.25, 0.3) is 0 Å². The first kappa shape index (κ1) is 21.8. The van der Waals surface area contributed by atoms with Gasteiger partial charge >= 0.3 is 5.97 Å². The third kappa shape index (κ3) is 4.47. The molecule has 1 amide bonds. The molecule has 3 aliphatic rings. The van der Waals surface area contributed by atoms with Crippen LogP contribution in [-0.4, -0.2) is 82.2 Å². The van der Waals surface area contributed by atoms with Crippen molar-refractivity contribution in [3.05, 3.63) is 17.7 Å². The van der Waals surface area contributed by atoms with Crippen LogP contribution >= 0.6 is 0 Å². The molecule has 0 bridgehead atoms. The van der Waals surface area contributed by atoms with Crippen molar-refractivity contribution >= 4 is 27.8 Å². The number of esters is 1. The summed E-state index contributed by atoms with van der Waals surface area (Å²) in [5.74, 6) is -0.762. The van der Waals surface area contributed by atoms with Crippen molar-refractivity contribution in [1.29, 1.82) is 0 Å². The van der Waals surface area contributed by atoms with Crippen LogP contribution in [-0.2, 0) is 24.5 Å². The summed E-state index contributed by atoms with van der Waals surface area (Å²) >= 11 is 0. The number of benzene rings is 1. The van der Waals surface area contributed by atoms with Gasteiger partial charge in [0.25, 0.3) is 10.2 Å². The summed E-state index contributed by atoms with van der Waals surface area (Å²) in [7, 11) is -2.42. The molecule has 11 nitrogen and oxygen atoms in total. The zero-order valence-corrected chi connectivity index (χ0v) is 18.0. The van der Waals surface area contributed by atoms with E-state index < -0.39 is 22.1 Å². The fourth-order valence-electron chi connectivity index (χ4n) is 3.87. The maximum Gasteiger partial charge on any atom is 0.340 e. The van der Waals surface area contributed by atoms with E-state index in [0.29, 0.717) is 57.2 Å². The Kier molecular flexibility index (Phi) is 6.32. The summed E-state index contributed by atoms with van der Waals surface area (Å²) in [4.78, 5) is 25.2. The minimum absolute atomic E-state index is 0.0182. The van der Waals surface area contributed by atoms with E-state index in [0.717, 1.165) is 0 Å². The topological polar surface area (TPSA) is 124 Å². The van der Waals surface area contributed by atoms with Crippen LogP contribution < -0.4 is 14.8 Å². The van der Waals surface area contributed by atoms with E-state index in [9.17, 15) is 18.0 Å². The lowest BCUT2D eigenvalue weighted by Gasteiger charge is -2.36. The quantitative estimate of drug-likeness (QED) is 0.634. The van der Waals surface area contributed by atoms with E-state index in [4.69, 9.17) is 18.9 Å². The number of methoxy groups -OCH3 is 1. The molecule has 1 aromatic carbocycles. The molecule has 4 rings (SSSR count). The number of carbonyl (C=O) groups is 2. The smallest absolute Gasteiger partial charge is 0.340 e. The lowest BCUT2D eigenvalue weighted by molar-refractivity contribution is -0.120. The normalized spacial score (nSPS) is 22.2. The average molecular weight is 455 g/mol. The molecule has 1 aromatic rings. The number of nitrogens with one attached hydrogen (secondary N) is 1. The minimum atomic E-state index is -3.66. The molecule has 0 spiro atoms. The van der Waals surface area contributed by atoms with Crippen LogP contribution in [0.3, 0.4) is 0 Å². The van der Waals surface area contributed by atoms with Crippen LogP contribution in [0.2, 0.25) is 0 Å².